The zero-order valence-electron chi connectivity index (χ0n) is 15.7. The summed E-state index contributed by atoms with van der Waals surface area (Å²) in [5, 5.41) is 2.94. The second kappa shape index (κ2) is 8.01. The molecule has 0 aliphatic rings. The Labute approximate surface area is 155 Å². The summed E-state index contributed by atoms with van der Waals surface area (Å²) in [6.07, 6.45) is 0. The molecule has 0 spiro atoms. The van der Waals surface area contributed by atoms with Crippen molar-refractivity contribution in [2.45, 2.75) is 38.0 Å². The lowest BCUT2D eigenvalue weighted by molar-refractivity contribution is 0.0945. The van der Waals surface area contributed by atoms with Crippen LogP contribution < -0.4 is 10.0 Å². The van der Waals surface area contributed by atoms with Gasteiger partial charge in [-0.2, -0.15) is 0 Å². The van der Waals surface area contributed by atoms with Gasteiger partial charge in [-0.3, -0.25) is 4.79 Å². The Bertz CT molecular complexity index is 872. The highest BCUT2D eigenvalue weighted by atomic mass is 32.2. The summed E-state index contributed by atoms with van der Waals surface area (Å²) in [5.41, 5.74) is 2.56. The minimum atomic E-state index is -3.51. The largest absolute Gasteiger partial charge is 0.351 e. The molecular formula is C20H26N2O3S. The predicted octanol–water partition coefficient (Wildman–Crippen LogP) is 3.00. The van der Waals surface area contributed by atoms with E-state index < -0.39 is 10.0 Å². The van der Waals surface area contributed by atoms with Crippen LogP contribution in [0.1, 0.15) is 42.3 Å². The Kier molecular flexibility index (Phi) is 6.21. The first-order valence-corrected chi connectivity index (χ1v) is 10.1. The fourth-order valence-electron chi connectivity index (χ4n) is 2.63. The van der Waals surface area contributed by atoms with Gasteiger partial charge in [0.15, 0.2) is 0 Å². The fourth-order valence-corrected chi connectivity index (χ4v) is 3.67. The SMILES string of the molecule is CCNS(=O)(=O)c1ccc(C(=O)NCC(C)(C)c2cccc(C)c2)cc1. The Morgan fingerprint density at radius 1 is 1.08 bits per heavy atom. The molecule has 2 N–H and O–H groups in total. The molecule has 0 radical (unpaired) electrons. The van der Waals surface area contributed by atoms with Gasteiger partial charge in [0, 0.05) is 24.1 Å². The standard InChI is InChI=1S/C20H26N2O3S/c1-5-22-26(24,25)18-11-9-16(10-12-18)19(23)21-14-20(3,4)17-8-6-7-15(2)13-17/h6-13,22H,5,14H2,1-4H3,(H,21,23). The number of benzene rings is 2. The maximum atomic E-state index is 12.4. The van der Waals surface area contributed by atoms with Gasteiger partial charge < -0.3 is 5.32 Å². The molecule has 0 saturated heterocycles. The summed E-state index contributed by atoms with van der Waals surface area (Å²) in [5.74, 6) is -0.224. The molecule has 0 aliphatic heterocycles. The first kappa shape index (κ1) is 20.1. The number of nitrogens with one attached hydrogen (secondary N) is 2. The first-order chi connectivity index (χ1) is 12.2. The average molecular weight is 375 g/mol. The average Bonchev–Trinajstić information content (AvgIpc) is 2.60. The quantitative estimate of drug-likeness (QED) is 0.782. The molecule has 26 heavy (non-hydrogen) atoms. The number of hydrogen-bond acceptors (Lipinski definition) is 3. The number of aryl methyl sites for hydroxylation is 1. The Hall–Kier alpha value is -2.18. The Morgan fingerprint density at radius 3 is 2.31 bits per heavy atom. The number of amides is 1. The van der Waals surface area contributed by atoms with Gasteiger partial charge in [-0.1, -0.05) is 50.6 Å². The predicted molar refractivity (Wildman–Crippen MR) is 104 cm³/mol. The van der Waals surface area contributed by atoms with E-state index in [2.05, 4.69) is 36.0 Å². The van der Waals surface area contributed by atoms with Crippen LogP contribution in [-0.2, 0) is 15.4 Å². The van der Waals surface area contributed by atoms with E-state index in [9.17, 15) is 13.2 Å². The molecule has 2 rings (SSSR count). The van der Waals surface area contributed by atoms with Gasteiger partial charge in [0.1, 0.15) is 0 Å². The highest BCUT2D eigenvalue weighted by Gasteiger charge is 2.22. The minimum absolute atomic E-state index is 0.149. The van der Waals surface area contributed by atoms with Crippen molar-refractivity contribution < 1.29 is 13.2 Å². The first-order valence-electron chi connectivity index (χ1n) is 8.61. The van der Waals surface area contributed by atoms with Gasteiger partial charge in [0.05, 0.1) is 4.90 Å². The van der Waals surface area contributed by atoms with E-state index >= 15 is 0 Å². The van der Waals surface area contributed by atoms with Crippen LogP contribution in [0.25, 0.3) is 0 Å². The Morgan fingerprint density at radius 2 is 1.73 bits per heavy atom. The van der Waals surface area contributed by atoms with Gasteiger partial charge in [-0.05, 0) is 36.8 Å². The van der Waals surface area contributed by atoms with E-state index in [1.54, 1.807) is 6.92 Å². The van der Waals surface area contributed by atoms with Crippen LogP contribution in [0.15, 0.2) is 53.4 Å². The fraction of sp³-hybridized carbons (Fsp3) is 0.350. The van der Waals surface area contributed by atoms with E-state index in [0.717, 1.165) is 5.56 Å². The maximum absolute atomic E-state index is 12.4. The molecule has 0 heterocycles. The second-order valence-corrected chi connectivity index (χ2v) is 8.73. The highest BCUT2D eigenvalue weighted by molar-refractivity contribution is 7.89. The van der Waals surface area contributed by atoms with Crippen LogP contribution in [0.2, 0.25) is 0 Å². The molecule has 2 aromatic rings. The summed E-state index contributed by atoms with van der Waals surface area (Å²) < 4.78 is 26.3. The summed E-state index contributed by atoms with van der Waals surface area (Å²) in [7, 11) is -3.51. The molecule has 0 unspecified atom stereocenters. The molecule has 0 aromatic heterocycles. The van der Waals surface area contributed by atoms with Crippen LogP contribution in [0, 0.1) is 6.92 Å². The number of carbonyl (C=O) groups excluding carboxylic acids is 1. The number of rotatable bonds is 7. The smallest absolute Gasteiger partial charge is 0.251 e. The molecule has 6 heteroatoms. The zero-order chi connectivity index (χ0) is 19.4. The van der Waals surface area contributed by atoms with Crippen molar-refractivity contribution in [3.63, 3.8) is 0 Å². The van der Waals surface area contributed by atoms with E-state index in [-0.39, 0.29) is 16.2 Å². The lowest BCUT2D eigenvalue weighted by atomic mass is 9.84. The van der Waals surface area contributed by atoms with E-state index in [1.807, 2.05) is 19.1 Å². The van der Waals surface area contributed by atoms with Crippen molar-refractivity contribution in [3.05, 3.63) is 65.2 Å². The van der Waals surface area contributed by atoms with Crippen LogP contribution >= 0.6 is 0 Å². The molecule has 5 nitrogen and oxygen atoms in total. The van der Waals surface area contributed by atoms with Crippen molar-refractivity contribution in [1.29, 1.82) is 0 Å². The van der Waals surface area contributed by atoms with E-state index in [4.69, 9.17) is 0 Å². The minimum Gasteiger partial charge on any atom is -0.351 e. The van der Waals surface area contributed by atoms with Gasteiger partial charge in [0.2, 0.25) is 10.0 Å². The van der Waals surface area contributed by atoms with Crippen LogP contribution in [0.4, 0.5) is 0 Å². The third-order valence-corrected chi connectivity index (χ3v) is 5.81. The topological polar surface area (TPSA) is 75.3 Å². The van der Waals surface area contributed by atoms with Crippen LogP contribution in [0.5, 0.6) is 0 Å². The monoisotopic (exact) mass is 374 g/mol. The molecule has 140 valence electrons. The third-order valence-electron chi connectivity index (χ3n) is 4.25. The third kappa shape index (κ3) is 4.93. The maximum Gasteiger partial charge on any atom is 0.251 e. The number of hydrogen-bond donors (Lipinski definition) is 2. The number of carbonyl (C=O) groups is 1. The second-order valence-electron chi connectivity index (χ2n) is 6.96. The van der Waals surface area contributed by atoms with Crippen LogP contribution in [-0.4, -0.2) is 27.4 Å². The lowest BCUT2D eigenvalue weighted by Gasteiger charge is -2.26. The summed E-state index contributed by atoms with van der Waals surface area (Å²) >= 11 is 0. The van der Waals surface area contributed by atoms with Crippen molar-refractivity contribution in [3.8, 4) is 0 Å². The molecule has 0 atom stereocenters. The normalized spacial score (nSPS) is 12.0. The van der Waals surface area contributed by atoms with E-state index in [0.29, 0.717) is 18.7 Å². The van der Waals surface area contributed by atoms with E-state index in [1.165, 1.54) is 29.8 Å². The molecule has 1 amide bonds. The van der Waals surface area contributed by atoms with Gasteiger partial charge in [-0.15, -0.1) is 0 Å². The molecule has 0 bridgehead atoms. The zero-order valence-corrected chi connectivity index (χ0v) is 16.5. The highest BCUT2D eigenvalue weighted by Crippen LogP contribution is 2.23. The molecule has 0 aliphatic carbocycles. The van der Waals surface area contributed by atoms with Crippen LogP contribution in [0.3, 0.4) is 0 Å². The van der Waals surface area contributed by atoms with Gasteiger partial charge in [0.25, 0.3) is 5.91 Å². The molecular weight excluding hydrogens is 348 g/mol. The lowest BCUT2D eigenvalue weighted by Crippen LogP contribution is -2.36. The Balaban J connectivity index is 2.06. The van der Waals surface area contributed by atoms with Crippen molar-refractivity contribution >= 4 is 15.9 Å². The summed E-state index contributed by atoms with van der Waals surface area (Å²) in [6.45, 7) is 8.71. The summed E-state index contributed by atoms with van der Waals surface area (Å²) in [6, 6.07) is 14.2. The molecule has 0 fully saturated rings. The molecule has 0 saturated carbocycles. The van der Waals surface area contributed by atoms with Crippen molar-refractivity contribution in [2.24, 2.45) is 0 Å². The van der Waals surface area contributed by atoms with Crippen molar-refractivity contribution in [1.82, 2.24) is 10.0 Å². The van der Waals surface area contributed by atoms with Crippen molar-refractivity contribution in [2.75, 3.05) is 13.1 Å². The number of sulfonamides is 1. The summed E-state index contributed by atoms with van der Waals surface area (Å²) in [4.78, 5) is 12.5. The molecule has 2 aromatic carbocycles. The van der Waals surface area contributed by atoms with Gasteiger partial charge in [-0.25, -0.2) is 13.1 Å². The van der Waals surface area contributed by atoms with Gasteiger partial charge >= 0.3 is 0 Å².